The number of benzene rings is 1. The van der Waals surface area contributed by atoms with Crippen LogP contribution in [0.2, 0.25) is 0 Å². The van der Waals surface area contributed by atoms with Gasteiger partial charge in [-0.05, 0) is 31.9 Å². The molecule has 23 heavy (non-hydrogen) atoms. The fourth-order valence-electron chi connectivity index (χ4n) is 3.00. The van der Waals surface area contributed by atoms with Crippen LogP contribution in [0.5, 0.6) is 5.75 Å². The molecule has 3 N–H and O–H groups in total. The summed E-state index contributed by atoms with van der Waals surface area (Å²) in [6.45, 7) is -1.46. The van der Waals surface area contributed by atoms with Crippen LogP contribution in [0.25, 0.3) is 0 Å². The fraction of sp³-hybridized carbons (Fsp3) is 0.562. The minimum Gasteiger partial charge on any atom is -0.434 e. The van der Waals surface area contributed by atoms with Gasteiger partial charge in [0.2, 0.25) is 5.91 Å². The van der Waals surface area contributed by atoms with E-state index in [9.17, 15) is 18.0 Å². The predicted octanol–water partition coefficient (Wildman–Crippen LogP) is 2.95. The van der Waals surface area contributed by atoms with Gasteiger partial charge in [-0.15, -0.1) is 0 Å². The monoisotopic (exact) mass is 330 g/mol. The Morgan fingerprint density at radius 3 is 2.87 bits per heavy atom. The van der Waals surface area contributed by atoms with Crippen molar-refractivity contribution in [3.8, 4) is 5.75 Å². The number of nitrogens with two attached hydrogens (primary N) is 1. The summed E-state index contributed by atoms with van der Waals surface area (Å²) in [7, 11) is 0. The van der Waals surface area contributed by atoms with Gasteiger partial charge in [-0.1, -0.05) is 18.9 Å². The standard InChI is InChI=1S/C16H21F3N2O2/c1-16(20)8-3-2-5-11(16)14(22)21-9-10-12(17)6-4-7-13(10)23-15(18)19/h4,6-7,11,15H,2-3,5,8-9,20H2,1H3,(H,21,22). The lowest BCUT2D eigenvalue weighted by atomic mass is 9.74. The van der Waals surface area contributed by atoms with Gasteiger partial charge >= 0.3 is 6.61 Å². The van der Waals surface area contributed by atoms with E-state index in [4.69, 9.17) is 5.73 Å². The molecule has 2 unspecified atom stereocenters. The Balaban J connectivity index is 2.07. The average molecular weight is 330 g/mol. The molecule has 1 saturated carbocycles. The number of hydrogen-bond donors (Lipinski definition) is 2. The lowest BCUT2D eigenvalue weighted by Gasteiger charge is -2.37. The van der Waals surface area contributed by atoms with Crippen molar-refractivity contribution >= 4 is 5.91 Å². The van der Waals surface area contributed by atoms with Crippen LogP contribution in [-0.2, 0) is 11.3 Å². The zero-order valence-corrected chi connectivity index (χ0v) is 13.0. The van der Waals surface area contributed by atoms with Crippen molar-refractivity contribution in [2.45, 2.75) is 51.3 Å². The van der Waals surface area contributed by atoms with Gasteiger partial charge in [-0.25, -0.2) is 4.39 Å². The molecular formula is C16H21F3N2O2. The predicted molar refractivity (Wildman–Crippen MR) is 79.4 cm³/mol. The number of carbonyl (C=O) groups is 1. The topological polar surface area (TPSA) is 64.4 Å². The number of nitrogens with one attached hydrogen (secondary N) is 1. The highest BCUT2D eigenvalue weighted by molar-refractivity contribution is 5.80. The lowest BCUT2D eigenvalue weighted by Crippen LogP contribution is -2.52. The molecule has 1 aliphatic carbocycles. The minimum absolute atomic E-state index is 0.101. The maximum atomic E-state index is 13.8. The largest absolute Gasteiger partial charge is 0.434 e. The molecule has 128 valence electrons. The van der Waals surface area contributed by atoms with Crippen molar-refractivity contribution < 1.29 is 22.7 Å². The van der Waals surface area contributed by atoms with E-state index in [-0.39, 0.29) is 29.7 Å². The third-order valence-electron chi connectivity index (χ3n) is 4.30. The van der Waals surface area contributed by atoms with E-state index in [2.05, 4.69) is 10.1 Å². The maximum absolute atomic E-state index is 13.8. The summed E-state index contributed by atoms with van der Waals surface area (Å²) >= 11 is 0. The highest BCUT2D eigenvalue weighted by Crippen LogP contribution is 2.32. The van der Waals surface area contributed by atoms with E-state index in [0.717, 1.165) is 25.3 Å². The van der Waals surface area contributed by atoms with Gasteiger partial charge in [0.05, 0.1) is 5.92 Å². The molecule has 4 nitrogen and oxygen atoms in total. The first-order chi connectivity index (χ1) is 10.8. The molecule has 0 radical (unpaired) electrons. The van der Waals surface area contributed by atoms with Crippen molar-refractivity contribution in [3.63, 3.8) is 0 Å². The van der Waals surface area contributed by atoms with E-state index in [1.54, 1.807) is 0 Å². The van der Waals surface area contributed by atoms with Crippen LogP contribution in [0.3, 0.4) is 0 Å². The number of halogens is 3. The van der Waals surface area contributed by atoms with Crippen LogP contribution in [0, 0.1) is 11.7 Å². The van der Waals surface area contributed by atoms with Crippen LogP contribution in [-0.4, -0.2) is 18.1 Å². The number of carbonyl (C=O) groups excluding carboxylic acids is 1. The number of alkyl halides is 2. The molecule has 1 amide bonds. The van der Waals surface area contributed by atoms with Crippen molar-refractivity contribution in [3.05, 3.63) is 29.6 Å². The van der Waals surface area contributed by atoms with Gasteiger partial charge in [0.15, 0.2) is 0 Å². The van der Waals surface area contributed by atoms with Crippen LogP contribution < -0.4 is 15.8 Å². The highest BCUT2D eigenvalue weighted by Gasteiger charge is 2.37. The molecule has 2 atom stereocenters. The van der Waals surface area contributed by atoms with Crippen molar-refractivity contribution in [2.75, 3.05) is 0 Å². The van der Waals surface area contributed by atoms with Crippen LogP contribution >= 0.6 is 0 Å². The smallest absolute Gasteiger partial charge is 0.387 e. The van der Waals surface area contributed by atoms with Crippen LogP contribution in [0.15, 0.2) is 18.2 Å². The Hall–Kier alpha value is -1.76. The number of amides is 1. The molecule has 7 heteroatoms. The molecule has 1 aromatic carbocycles. The Morgan fingerprint density at radius 1 is 1.48 bits per heavy atom. The zero-order chi connectivity index (χ0) is 17.0. The Labute approximate surface area is 133 Å². The molecule has 0 saturated heterocycles. The summed E-state index contributed by atoms with van der Waals surface area (Å²) in [5.41, 5.74) is 5.45. The third-order valence-corrected chi connectivity index (χ3v) is 4.30. The molecule has 0 heterocycles. The number of hydrogen-bond acceptors (Lipinski definition) is 3. The molecule has 0 spiro atoms. The summed E-state index contributed by atoms with van der Waals surface area (Å²) in [4.78, 5) is 12.3. The second-order valence-corrected chi connectivity index (χ2v) is 6.12. The van der Waals surface area contributed by atoms with E-state index in [1.165, 1.54) is 12.1 Å². The van der Waals surface area contributed by atoms with Gasteiger partial charge in [0.1, 0.15) is 11.6 Å². The third kappa shape index (κ3) is 4.37. The first kappa shape index (κ1) is 17.6. The summed E-state index contributed by atoms with van der Waals surface area (Å²) in [5, 5.41) is 2.59. The van der Waals surface area contributed by atoms with Crippen molar-refractivity contribution in [2.24, 2.45) is 11.7 Å². The molecule has 1 aromatic rings. The van der Waals surface area contributed by atoms with E-state index in [0.29, 0.717) is 6.42 Å². The summed E-state index contributed by atoms with van der Waals surface area (Å²) in [6.07, 6.45) is 3.28. The number of rotatable bonds is 5. The maximum Gasteiger partial charge on any atom is 0.387 e. The van der Waals surface area contributed by atoms with E-state index < -0.39 is 18.0 Å². The molecule has 0 bridgehead atoms. The van der Waals surface area contributed by atoms with Crippen molar-refractivity contribution in [1.82, 2.24) is 5.32 Å². The number of ether oxygens (including phenoxy) is 1. The summed E-state index contributed by atoms with van der Waals surface area (Å²) in [6, 6.07) is 3.65. The Morgan fingerprint density at radius 2 is 2.22 bits per heavy atom. The first-order valence-electron chi connectivity index (χ1n) is 7.60. The fourth-order valence-corrected chi connectivity index (χ4v) is 3.00. The van der Waals surface area contributed by atoms with Gasteiger partial charge in [-0.2, -0.15) is 8.78 Å². The first-order valence-corrected chi connectivity index (χ1v) is 7.60. The van der Waals surface area contributed by atoms with Crippen LogP contribution in [0.1, 0.15) is 38.2 Å². The van der Waals surface area contributed by atoms with Gasteiger partial charge < -0.3 is 15.8 Å². The van der Waals surface area contributed by atoms with Gasteiger partial charge in [0.25, 0.3) is 0 Å². The quantitative estimate of drug-likeness (QED) is 0.872. The Kier molecular flexibility index (Phi) is 5.51. The van der Waals surface area contributed by atoms with E-state index in [1.807, 2.05) is 6.92 Å². The summed E-state index contributed by atoms with van der Waals surface area (Å²) in [5.74, 6) is -1.65. The second kappa shape index (κ2) is 7.21. The minimum atomic E-state index is -3.06. The van der Waals surface area contributed by atoms with Gasteiger partial charge in [0, 0.05) is 17.6 Å². The average Bonchev–Trinajstić information content (AvgIpc) is 2.45. The molecule has 1 fully saturated rings. The van der Waals surface area contributed by atoms with E-state index >= 15 is 0 Å². The second-order valence-electron chi connectivity index (χ2n) is 6.12. The summed E-state index contributed by atoms with van der Waals surface area (Å²) < 4.78 is 42.9. The highest BCUT2D eigenvalue weighted by atomic mass is 19.3. The SMILES string of the molecule is CC1(N)CCCCC1C(=O)NCc1c(F)cccc1OC(F)F. The molecule has 1 aliphatic rings. The molecule has 0 aromatic heterocycles. The Bertz CT molecular complexity index is 564. The normalized spacial score (nSPS) is 24.5. The molecule has 2 rings (SSSR count). The lowest BCUT2D eigenvalue weighted by molar-refractivity contribution is -0.128. The molecule has 0 aliphatic heterocycles. The van der Waals surface area contributed by atoms with Crippen molar-refractivity contribution in [1.29, 1.82) is 0 Å². The van der Waals surface area contributed by atoms with Gasteiger partial charge in [-0.3, -0.25) is 4.79 Å². The molecular weight excluding hydrogens is 309 g/mol. The van der Waals surface area contributed by atoms with Crippen LogP contribution in [0.4, 0.5) is 13.2 Å². The zero-order valence-electron chi connectivity index (χ0n) is 13.0.